The van der Waals surface area contributed by atoms with Crippen LogP contribution in [0.4, 0.5) is 0 Å². The Morgan fingerprint density at radius 1 is 1.08 bits per heavy atom. The van der Waals surface area contributed by atoms with E-state index in [1.165, 1.54) is 57.3 Å². The minimum atomic E-state index is -0.948. The van der Waals surface area contributed by atoms with Crippen LogP contribution in [-0.4, -0.2) is 44.3 Å². The highest BCUT2D eigenvalue weighted by Crippen LogP contribution is 2.62. The number of carbonyl (C=O) groups is 2. The fourth-order valence-electron chi connectivity index (χ4n) is 5.92. The van der Waals surface area contributed by atoms with Crippen molar-refractivity contribution in [2.75, 3.05) is 0 Å². The number of hydrogen-bond acceptors (Lipinski definition) is 5. The molecule has 1 N–H and O–H groups in total. The molecule has 0 radical (unpaired) electrons. The summed E-state index contributed by atoms with van der Waals surface area (Å²) in [7, 11) is 0. The van der Waals surface area contributed by atoms with Gasteiger partial charge in [0.2, 0.25) is 5.91 Å². The van der Waals surface area contributed by atoms with Gasteiger partial charge in [-0.3, -0.25) is 14.5 Å². The zero-order chi connectivity index (χ0) is 17.8. The smallest absolute Gasteiger partial charge is 0.303 e. The number of ether oxygens (including phenoxy) is 1. The van der Waals surface area contributed by atoms with Gasteiger partial charge < -0.3 is 9.84 Å². The molecule has 0 spiro atoms. The molecule has 5 aliphatic rings. The van der Waals surface area contributed by atoms with Gasteiger partial charge in [-0.1, -0.05) is 0 Å². The SMILES string of the molecule is CC(=O)O[C@@H]1C=C[C@@H](O)N(C(C)=O)[C@H]1SC12CC3CC(CC(C3)C1)C2. The average molecular weight is 365 g/mol. The number of amides is 1. The lowest BCUT2D eigenvalue weighted by Gasteiger charge is -2.58. The molecule has 0 aromatic carbocycles. The fraction of sp³-hybridized carbons (Fsp3) is 0.789. The summed E-state index contributed by atoms with van der Waals surface area (Å²) in [5.41, 5.74) is 0. The molecular formula is C19H27NO4S. The molecule has 5 nitrogen and oxygen atoms in total. The van der Waals surface area contributed by atoms with E-state index in [-0.39, 0.29) is 22.0 Å². The van der Waals surface area contributed by atoms with Gasteiger partial charge in [0.1, 0.15) is 17.7 Å². The highest BCUT2D eigenvalue weighted by molar-refractivity contribution is 8.01. The normalized spacial score (nSPS) is 44.8. The molecule has 5 rings (SSSR count). The summed E-state index contributed by atoms with van der Waals surface area (Å²) in [6.07, 6.45) is 9.49. The predicted molar refractivity (Wildman–Crippen MR) is 95.5 cm³/mol. The highest BCUT2D eigenvalue weighted by atomic mass is 32.2. The zero-order valence-corrected chi connectivity index (χ0v) is 15.7. The van der Waals surface area contributed by atoms with Crippen LogP contribution in [0.2, 0.25) is 0 Å². The number of nitrogens with zero attached hydrogens (tertiary/aromatic N) is 1. The van der Waals surface area contributed by atoms with Crippen LogP contribution in [0.5, 0.6) is 0 Å². The standard InChI is InChI=1S/C19H27NO4S/c1-11(21)20-17(23)4-3-16(24-12(2)22)18(20)25-19-8-13-5-14(9-19)7-15(6-13)10-19/h3-4,13-18,23H,5-10H2,1-2H3/t13?,14?,15?,16-,17-,18+,19?/m1/s1. The second kappa shape index (κ2) is 6.31. The third-order valence-corrected chi connectivity index (χ3v) is 8.07. The monoisotopic (exact) mass is 365 g/mol. The van der Waals surface area contributed by atoms with Gasteiger partial charge in [-0.2, -0.15) is 0 Å². The van der Waals surface area contributed by atoms with Crippen LogP contribution in [-0.2, 0) is 14.3 Å². The fourth-order valence-corrected chi connectivity index (χ4v) is 8.09. The average Bonchev–Trinajstić information content (AvgIpc) is 2.47. The summed E-state index contributed by atoms with van der Waals surface area (Å²) in [5, 5.41) is 9.99. The molecule has 1 amide bonds. The lowest BCUT2D eigenvalue weighted by atomic mass is 9.56. The van der Waals surface area contributed by atoms with Gasteiger partial charge in [0.25, 0.3) is 0 Å². The molecule has 0 saturated heterocycles. The van der Waals surface area contributed by atoms with Crippen molar-refractivity contribution in [1.29, 1.82) is 0 Å². The summed E-state index contributed by atoms with van der Waals surface area (Å²) in [4.78, 5) is 25.2. The molecule has 0 aromatic heterocycles. The van der Waals surface area contributed by atoms with Crippen LogP contribution in [0.1, 0.15) is 52.4 Å². The van der Waals surface area contributed by atoms with Crippen LogP contribution >= 0.6 is 11.8 Å². The van der Waals surface area contributed by atoms with E-state index in [2.05, 4.69) is 0 Å². The Hall–Kier alpha value is -1.01. The minimum Gasteiger partial charge on any atom is -0.455 e. The number of aliphatic hydroxyl groups is 1. The van der Waals surface area contributed by atoms with E-state index in [0.717, 1.165) is 17.8 Å². The number of hydrogen-bond donors (Lipinski definition) is 1. The number of thioether (sulfide) groups is 1. The van der Waals surface area contributed by atoms with Crippen LogP contribution in [0.25, 0.3) is 0 Å². The number of esters is 1. The summed E-state index contributed by atoms with van der Waals surface area (Å²) in [5.74, 6) is 1.88. The minimum absolute atomic E-state index is 0.163. The van der Waals surface area contributed by atoms with E-state index in [9.17, 15) is 14.7 Å². The molecule has 3 atom stereocenters. The van der Waals surface area contributed by atoms with E-state index in [0.29, 0.717) is 0 Å². The molecule has 4 aliphatic carbocycles. The van der Waals surface area contributed by atoms with Crippen LogP contribution < -0.4 is 0 Å². The first-order chi connectivity index (χ1) is 11.8. The predicted octanol–water partition coefficient (Wildman–Crippen LogP) is 2.68. The van der Waals surface area contributed by atoms with Gasteiger partial charge >= 0.3 is 5.97 Å². The molecule has 0 aromatic rings. The van der Waals surface area contributed by atoms with E-state index in [1.54, 1.807) is 23.9 Å². The quantitative estimate of drug-likeness (QED) is 0.615. The molecule has 1 heterocycles. The first-order valence-electron chi connectivity index (χ1n) is 9.35. The summed E-state index contributed by atoms with van der Waals surface area (Å²) >= 11 is 1.78. The van der Waals surface area contributed by atoms with Gasteiger partial charge in [0.15, 0.2) is 0 Å². The van der Waals surface area contributed by atoms with Crippen molar-refractivity contribution in [2.45, 2.75) is 74.8 Å². The second-order valence-corrected chi connectivity index (χ2v) is 9.99. The Balaban J connectivity index is 1.61. The molecule has 25 heavy (non-hydrogen) atoms. The molecule has 4 bridgehead atoms. The maximum absolute atomic E-state index is 12.2. The molecular weight excluding hydrogens is 338 g/mol. The third kappa shape index (κ3) is 3.23. The van der Waals surface area contributed by atoms with Crippen molar-refractivity contribution < 1.29 is 19.4 Å². The largest absolute Gasteiger partial charge is 0.455 e. The van der Waals surface area contributed by atoms with E-state index < -0.39 is 12.3 Å². The van der Waals surface area contributed by atoms with Gasteiger partial charge in [0.05, 0.1) is 0 Å². The van der Waals surface area contributed by atoms with E-state index in [4.69, 9.17) is 4.74 Å². The first kappa shape index (κ1) is 17.4. The topological polar surface area (TPSA) is 66.8 Å². The first-order valence-corrected chi connectivity index (χ1v) is 10.2. The summed E-state index contributed by atoms with van der Waals surface area (Å²) < 4.78 is 5.66. The Morgan fingerprint density at radius 2 is 1.64 bits per heavy atom. The van der Waals surface area contributed by atoms with Gasteiger partial charge in [-0.05, 0) is 68.4 Å². The van der Waals surface area contributed by atoms with Crippen molar-refractivity contribution >= 4 is 23.6 Å². The Morgan fingerprint density at radius 3 is 2.12 bits per heavy atom. The van der Waals surface area contributed by atoms with Crippen molar-refractivity contribution in [2.24, 2.45) is 17.8 Å². The van der Waals surface area contributed by atoms with Crippen LogP contribution in [0.15, 0.2) is 12.2 Å². The Bertz CT molecular complexity index is 569. The number of rotatable bonds is 3. The van der Waals surface area contributed by atoms with Crippen molar-refractivity contribution in [3.63, 3.8) is 0 Å². The summed E-state index contributed by atoms with van der Waals surface area (Å²) in [6, 6.07) is 0. The Kier molecular flexibility index (Phi) is 4.39. The van der Waals surface area contributed by atoms with Crippen molar-refractivity contribution in [1.82, 2.24) is 4.90 Å². The molecule has 4 saturated carbocycles. The van der Waals surface area contributed by atoms with E-state index in [1.807, 2.05) is 0 Å². The Labute approximate surface area is 153 Å². The molecule has 138 valence electrons. The zero-order valence-electron chi connectivity index (χ0n) is 14.9. The summed E-state index contributed by atoms with van der Waals surface area (Å²) in [6.45, 7) is 2.86. The maximum Gasteiger partial charge on any atom is 0.303 e. The lowest BCUT2D eigenvalue weighted by Crippen LogP contribution is -2.56. The van der Waals surface area contributed by atoms with Crippen molar-refractivity contribution in [3.05, 3.63) is 12.2 Å². The van der Waals surface area contributed by atoms with Crippen LogP contribution in [0.3, 0.4) is 0 Å². The van der Waals surface area contributed by atoms with Crippen LogP contribution in [0, 0.1) is 17.8 Å². The van der Waals surface area contributed by atoms with Gasteiger partial charge in [-0.15, -0.1) is 11.8 Å². The molecule has 4 fully saturated rings. The molecule has 1 aliphatic heterocycles. The second-order valence-electron chi connectivity index (χ2n) is 8.41. The molecule has 6 heteroatoms. The molecule has 0 unspecified atom stereocenters. The van der Waals surface area contributed by atoms with E-state index >= 15 is 0 Å². The maximum atomic E-state index is 12.2. The third-order valence-electron chi connectivity index (χ3n) is 6.33. The number of aliphatic hydroxyl groups excluding tert-OH is 1. The number of carbonyl (C=O) groups excluding carboxylic acids is 2. The highest BCUT2D eigenvalue weighted by Gasteiger charge is 2.54. The lowest BCUT2D eigenvalue weighted by molar-refractivity contribution is -0.153. The van der Waals surface area contributed by atoms with Gasteiger partial charge in [-0.25, -0.2) is 0 Å². The van der Waals surface area contributed by atoms with Gasteiger partial charge in [0, 0.05) is 18.6 Å². The van der Waals surface area contributed by atoms with Crippen molar-refractivity contribution in [3.8, 4) is 0 Å².